The van der Waals surface area contributed by atoms with Gasteiger partial charge in [-0.15, -0.1) is 0 Å². The molecule has 1 aliphatic heterocycles. The van der Waals surface area contributed by atoms with Crippen LogP contribution in [-0.4, -0.2) is 51.7 Å². The number of carbonyl (C=O) groups excluding carboxylic acids is 2. The van der Waals surface area contributed by atoms with Gasteiger partial charge in [0.05, 0.1) is 17.3 Å². The molecule has 1 saturated heterocycles. The highest BCUT2D eigenvalue weighted by Crippen LogP contribution is 2.23. The molecule has 33 heavy (non-hydrogen) atoms. The van der Waals surface area contributed by atoms with E-state index in [9.17, 15) is 9.59 Å². The van der Waals surface area contributed by atoms with Crippen molar-refractivity contribution in [3.8, 4) is 5.69 Å². The average Bonchev–Trinajstić information content (AvgIpc) is 3.13. The van der Waals surface area contributed by atoms with Crippen LogP contribution >= 0.6 is 0 Å². The summed E-state index contributed by atoms with van der Waals surface area (Å²) in [6, 6.07) is 19.3. The monoisotopic (exact) mass is 445 g/mol. The summed E-state index contributed by atoms with van der Waals surface area (Å²) >= 11 is 0. The molecule has 3 amide bonds. The minimum absolute atomic E-state index is 0.0680. The lowest BCUT2D eigenvalue weighted by Crippen LogP contribution is -2.47. The first-order valence-electron chi connectivity index (χ1n) is 11.4. The number of nitrogens with one attached hydrogen (secondary N) is 1. The maximum absolute atomic E-state index is 13.3. The summed E-state index contributed by atoms with van der Waals surface area (Å²) in [4.78, 5) is 29.5. The molecule has 3 aromatic rings. The second-order valence-electron chi connectivity index (χ2n) is 8.67. The molecule has 2 aromatic carbocycles. The molecule has 1 N–H and O–H groups in total. The molecule has 1 aromatic heterocycles. The number of amides is 3. The van der Waals surface area contributed by atoms with E-state index in [4.69, 9.17) is 5.10 Å². The van der Waals surface area contributed by atoms with Crippen molar-refractivity contribution < 1.29 is 9.59 Å². The van der Waals surface area contributed by atoms with Gasteiger partial charge < -0.3 is 15.1 Å². The molecule has 0 spiro atoms. The lowest BCUT2D eigenvalue weighted by atomic mass is 9.96. The minimum atomic E-state index is -0.199. The van der Waals surface area contributed by atoms with Gasteiger partial charge in [-0.2, -0.15) is 5.10 Å². The summed E-state index contributed by atoms with van der Waals surface area (Å²) in [7, 11) is 1.84. The molecule has 0 unspecified atom stereocenters. The quantitative estimate of drug-likeness (QED) is 0.633. The topological polar surface area (TPSA) is 70.5 Å². The number of urea groups is 1. The number of hydrogen-bond acceptors (Lipinski definition) is 3. The van der Waals surface area contributed by atoms with Crippen molar-refractivity contribution in [1.82, 2.24) is 19.6 Å². The number of hydrogen-bond donors (Lipinski definition) is 1. The van der Waals surface area contributed by atoms with Gasteiger partial charge in [-0.3, -0.25) is 4.79 Å². The zero-order valence-electron chi connectivity index (χ0n) is 19.5. The van der Waals surface area contributed by atoms with E-state index in [1.54, 1.807) is 9.80 Å². The van der Waals surface area contributed by atoms with E-state index in [1.165, 1.54) is 0 Å². The van der Waals surface area contributed by atoms with Crippen LogP contribution in [0.1, 0.15) is 29.8 Å². The van der Waals surface area contributed by atoms with Gasteiger partial charge in [-0.25, -0.2) is 9.48 Å². The molecule has 7 nitrogen and oxygen atoms in total. The SMILES string of the molecule is Cc1nn(-c2ccccc2)c(C)c1CN(C)C(=O)[C@@H]1CCCN(C(=O)Nc2ccccc2)C1. The Morgan fingerprint density at radius 2 is 1.73 bits per heavy atom. The van der Waals surface area contributed by atoms with Crippen LogP contribution in [0.3, 0.4) is 0 Å². The highest BCUT2D eigenvalue weighted by Gasteiger charge is 2.31. The van der Waals surface area contributed by atoms with Crippen molar-refractivity contribution >= 4 is 17.6 Å². The number of anilines is 1. The van der Waals surface area contributed by atoms with Crippen LogP contribution in [0.4, 0.5) is 10.5 Å². The van der Waals surface area contributed by atoms with Crippen LogP contribution in [0, 0.1) is 19.8 Å². The van der Waals surface area contributed by atoms with Crippen molar-refractivity contribution in [2.24, 2.45) is 5.92 Å². The third-order valence-corrected chi connectivity index (χ3v) is 6.30. The average molecular weight is 446 g/mol. The summed E-state index contributed by atoms with van der Waals surface area (Å²) in [5, 5.41) is 7.62. The summed E-state index contributed by atoms with van der Waals surface area (Å²) in [5.41, 5.74) is 4.78. The van der Waals surface area contributed by atoms with Crippen molar-refractivity contribution in [3.05, 3.63) is 77.6 Å². The van der Waals surface area contributed by atoms with Crippen LogP contribution < -0.4 is 5.32 Å². The maximum Gasteiger partial charge on any atom is 0.321 e. The van der Waals surface area contributed by atoms with Crippen LogP contribution in [0.5, 0.6) is 0 Å². The first-order valence-corrected chi connectivity index (χ1v) is 11.4. The summed E-state index contributed by atoms with van der Waals surface area (Å²) in [6.07, 6.45) is 1.61. The first kappa shape index (κ1) is 22.6. The van der Waals surface area contributed by atoms with Gasteiger partial charge in [0.2, 0.25) is 5.91 Å². The molecule has 0 saturated carbocycles. The Bertz CT molecular complexity index is 1110. The van der Waals surface area contributed by atoms with Gasteiger partial charge >= 0.3 is 6.03 Å². The lowest BCUT2D eigenvalue weighted by Gasteiger charge is -2.34. The van der Waals surface area contributed by atoms with E-state index in [1.807, 2.05) is 86.2 Å². The molecular formula is C26H31N5O2. The fraction of sp³-hybridized carbons (Fsp3) is 0.346. The van der Waals surface area contributed by atoms with Crippen molar-refractivity contribution in [2.75, 3.05) is 25.5 Å². The first-order chi connectivity index (χ1) is 15.9. The van der Waals surface area contributed by atoms with Gasteiger partial charge in [0.25, 0.3) is 0 Å². The third-order valence-electron chi connectivity index (χ3n) is 6.30. The van der Waals surface area contributed by atoms with E-state index in [-0.39, 0.29) is 17.9 Å². The molecule has 1 fully saturated rings. The highest BCUT2D eigenvalue weighted by atomic mass is 16.2. The number of rotatable bonds is 5. The molecular weight excluding hydrogens is 414 g/mol. The van der Waals surface area contributed by atoms with Crippen LogP contribution in [0.25, 0.3) is 5.69 Å². The number of nitrogens with zero attached hydrogens (tertiary/aromatic N) is 4. The number of aryl methyl sites for hydroxylation is 1. The molecule has 1 aliphatic rings. The number of likely N-dealkylation sites (tertiary alicyclic amines) is 1. The number of piperidine rings is 1. The Morgan fingerprint density at radius 1 is 1.06 bits per heavy atom. The normalized spacial score (nSPS) is 15.8. The van der Waals surface area contributed by atoms with Crippen LogP contribution in [0.15, 0.2) is 60.7 Å². The van der Waals surface area contributed by atoms with E-state index >= 15 is 0 Å². The van der Waals surface area contributed by atoms with Crippen LogP contribution in [0.2, 0.25) is 0 Å². The zero-order chi connectivity index (χ0) is 23.4. The molecule has 7 heteroatoms. The Kier molecular flexibility index (Phi) is 6.77. The fourth-order valence-corrected chi connectivity index (χ4v) is 4.44. The minimum Gasteiger partial charge on any atom is -0.341 e. The second-order valence-corrected chi connectivity index (χ2v) is 8.67. The molecule has 0 radical (unpaired) electrons. The Hall–Kier alpha value is -3.61. The number of carbonyl (C=O) groups is 2. The highest BCUT2D eigenvalue weighted by molar-refractivity contribution is 5.90. The van der Waals surface area contributed by atoms with Crippen LogP contribution in [-0.2, 0) is 11.3 Å². The Balaban J connectivity index is 1.41. The summed E-state index contributed by atoms with van der Waals surface area (Å²) < 4.78 is 1.93. The van der Waals surface area contributed by atoms with E-state index in [2.05, 4.69) is 5.32 Å². The van der Waals surface area contributed by atoms with Gasteiger partial charge in [-0.1, -0.05) is 36.4 Å². The van der Waals surface area contributed by atoms with Gasteiger partial charge in [-0.05, 0) is 51.0 Å². The summed E-state index contributed by atoms with van der Waals surface area (Å²) in [5.74, 6) is -0.131. The molecule has 0 aliphatic carbocycles. The maximum atomic E-state index is 13.3. The number of aromatic nitrogens is 2. The predicted octanol–water partition coefficient (Wildman–Crippen LogP) is 4.39. The fourth-order valence-electron chi connectivity index (χ4n) is 4.44. The standard InChI is InChI=1S/C26H31N5O2/c1-19-24(20(2)31(28-19)23-14-8-5-9-15-23)18-29(3)25(32)21-11-10-16-30(17-21)26(33)27-22-12-6-4-7-13-22/h4-9,12-15,21H,10-11,16-18H2,1-3H3,(H,27,33)/t21-/m1/s1. The Labute approximate surface area is 195 Å². The summed E-state index contributed by atoms with van der Waals surface area (Å²) in [6.45, 7) is 5.61. The van der Waals surface area contributed by atoms with E-state index in [0.29, 0.717) is 19.6 Å². The largest absolute Gasteiger partial charge is 0.341 e. The third kappa shape index (κ3) is 5.08. The van der Waals surface area contributed by atoms with Gasteiger partial charge in [0, 0.05) is 43.6 Å². The predicted molar refractivity (Wildman–Crippen MR) is 129 cm³/mol. The van der Waals surface area contributed by atoms with Crippen molar-refractivity contribution in [1.29, 1.82) is 0 Å². The van der Waals surface area contributed by atoms with E-state index < -0.39 is 0 Å². The second kappa shape index (κ2) is 9.90. The van der Waals surface area contributed by atoms with E-state index in [0.717, 1.165) is 41.2 Å². The van der Waals surface area contributed by atoms with Gasteiger partial charge in [0.15, 0.2) is 0 Å². The Morgan fingerprint density at radius 3 is 2.42 bits per heavy atom. The molecule has 2 heterocycles. The zero-order valence-corrected chi connectivity index (χ0v) is 19.5. The van der Waals surface area contributed by atoms with Gasteiger partial charge in [0.1, 0.15) is 0 Å². The van der Waals surface area contributed by atoms with Crippen molar-refractivity contribution in [3.63, 3.8) is 0 Å². The number of para-hydroxylation sites is 2. The molecule has 0 bridgehead atoms. The number of benzene rings is 2. The smallest absolute Gasteiger partial charge is 0.321 e. The van der Waals surface area contributed by atoms with Crippen molar-refractivity contribution in [2.45, 2.75) is 33.2 Å². The molecule has 4 rings (SSSR count). The molecule has 172 valence electrons. The molecule has 1 atom stereocenters. The lowest BCUT2D eigenvalue weighted by molar-refractivity contribution is -0.136.